The van der Waals surface area contributed by atoms with E-state index in [0.717, 1.165) is 5.56 Å². The molecule has 43 heavy (non-hydrogen) atoms. The Kier molecular flexibility index (Phi) is 10.3. The second-order valence-electron chi connectivity index (χ2n) is 9.38. The summed E-state index contributed by atoms with van der Waals surface area (Å²) in [6, 6.07) is 26.3. The quantitative estimate of drug-likeness (QED) is 0.0757. The highest BCUT2D eigenvalue weighted by Gasteiger charge is 2.20. The Hall–Kier alpha value is -4.93. The number of amides is 3. The summed E-state index contributed by atoms with van der Waals surface area (Å²) >= 11 is 7.36. The van der Waals surface area contributed by atoms with Gasteiger partial charge in [0.2, 0.25) is 5.91 Å². The van der Waals surface area contributed by atoms with E-state index in [1.165, 1.54) is 36.0 Å². The third-order valence-electron chi connectivity index (χ3n) is 6.19. The number of nitro benzene ring substituents is 1. The third kappa shape index (κ3) is 8.54. The minimum absolute atomic E-state index is 0.144. The Labute approximate surface area is 257 Å². The first-order valence-electron chi connectivity index (χ1n) is 13.1. The number of benzene rings is 4. The summed E-state index contributed by atoms with van der Waals surface area (Å²) in [7, 11) is 0. The van der Waals surface area contributed by atoms with Gasteiger partial charge in [-0.15, -0.1) is 11.8 Å². The molecule has 0 aliphatic carbocycles. The lowest BCUT2D eigenvalue weighted by molar-refractivity contribution is -0.385. The molecule has 0 aliphatic heterocycles. The van der Waals surface area contributed by atoms with Gasteiger partial charge in [-0.05, 0) is 74.0 Å². The Morgan fingerprint density at radius 3 is 2.37 bits per heavy atom. The Morgan fingerprint density at radius 1 is 0.907 bits per heavy atom. The van der Waals surface area contributed by atoms with E-state index in [9.17, 15) is 24.5 Å². The molecule has 0 spiro atoms. The number of carbonyl (C=O) groups excluding carboxylic acids is 3. The van der Waals surface area contributed by atoms with Crippen LogP contribution in [0.5, 0.6) is 0 Å². The number of nitrogens with zero attached hydrogens (tertiary/aromatic N) is 1. The van der Waals surface area contributed by atoms with E-state index >= 15 is 0 Å². The second-order valence-corrected chi connectivity index (χ2v) is 11.2. The van der Waals surface area contributed by atoms with Crippen molar-refractivity contribution in [2.24, 2.45) is 0 Å². The van der Waals surface area contributed by atoms with Gasteiger partial charge in [0.15, 0.2) is 0 Å². The Morgan fingerprint density at radius 2 is 1.63 bits per heavy atom. The molecule has 0 bridgehead atoms. The summed E-state index contributed by atoms with van der Waals surface area (Å²) < 4.78 is 0. The summed E-state index contributed by atoms with van der Waals surface area (Å²) in [5, 5.41) is 19.8. The largest absolute Gasteiger partial charge is 0.325 e. The molecular weight excluding hydrogens is 588 g/mol. The molecule has 0 aliphatic rings. The van der Waals surface area contributed by atoms with Crippen molar-refractivity contribution in [3.05, 3.63) is 135 Å². The van der Waals surface area contributed by atoms with Crippen LogP contribution in [0.2, 0.25) is 5.02 Å². The molecule has 0 heterocycles. The van der Waals surface area contributed by atoms with E-state index < -0.39 is 22.0 Å². The predicted molar refractivity (Wildman–Crippen MR) is 170 cm³/mol. The molecule has 4 aromatic rings. The monoisotopic (exact) mass is 614 g/mol. The average Bonchev–Trinajstić information content (AvgIpc) is 2.99. The van der Waals surface area contributed by atoms with Crippen LogP contribution in [-0.2, 0) is 9.59 Å². The zero-order valence-electron chi connectivity index (χ0n) is 23.2. The first kappa shape index (κ1) is 31.0. The van der Waals surface area contributed by atoms with Crippen molar-refractivity contribution in [2.75, 3.05) is 10.6 Å². The van der Waals surface area contributed by atoms with Crippen molar-refractivity contribution >= 4 is 64.2 Å². The normalized spacial score (nSPS) is 11.7. The van der Waals surface area contributed by atoms with Gasteiger partial charge in [-0.25, -0.2) is 0 Å². The maximum atomic E-state index is 13.4. The van der Waals surface area contributed by atoms with Gasteiger partial charge in [0, 0.05) is 32.9 Å². The highest BCUT2D eigenvalue weighted by Crippen LogP contribution is 2.28. The van der Waals surface area contributed by atoms with Crippen molar-refractivity contribution in [1.82, 2.24) is 5.32 Å². The number of rotatable bonds is 10. The smallest absolute Gasteiger partial charge is 0.276 e. The van der Waals surface area contributed by atoms with Crippen LogP contribution in [0.15, 0.2) is 108 Å². The lowest BCUT2D eigenvalue weighted by atomic mass is 10.1. The molecule has 1 atom stereocenters. The lowest BCUT2D eigenvalue weighted by Gasteiger charge is -2.15. The van der Waals surface area contributed by atoms with Crippen LogP contribution in [0.1, 0.15) is 28.4 Å². The van der Waals surface area contributed by atoms with Crippen LogP contribution in [0, 0.1) is 17.0 Å². The summed E-state index contributed by atoms with van der Waals surface area (Å²) in [5.41, 5.74) is 1.94. The van der Waals surface area contributed by atoms with Crippen molar-refractivity contribution < 1.29 is 19.3 Å². The van der Waals surface area contributed by atoms with Crippen LogP contribution >= 0.6 is 23.4 Å². The van der Waals surface area contributed by atoms with E-state index in [4.69, 9.17) is 11.6 Å². The number of nitrogens with one attached hydrogen (secondary N) is 3. The summed E-state index contributed by atoms with van der Waals surface area (Å²) in [4.78, 5) is 50.9. The molecule has 0 aromatic heterocycles. The predicted octanol–water partition coefficient (Wildman–Crippen LogP) is 7.09. The van der Waals surface area contributed by atoms with E-state index in [1.807, 2.05) is 13.0 Å². The van der Waals surface area contributed by atoms with Gasteiger partial charge in [0.25, 0.3) is 17.5 Å². The molecule has 1 unspecified atom stereocenters. The maximum absolute atomic E-state index is 13.4. The Bertz CT molecular complexity index is 1710. The molecule has 3 amide bonds. The molecule has 4 rings (SSSR count). The van der Waals surface area contributed by atoms with E-state index in [0.29, 0.717) is 26.9 Å². The van der Waals surface area contributed by atoms with Crippen LogP contribution in [0.25, 0.3) is 6.08 Å². The fourth-order valence-electron chi connectivity index (χ4n) is 3.94. The molecular formula is C32H27ClN4O5S. The van der Waals surface area contributed by atoms with Crippen LogP contribution in [0.3, 0.4) is 0 Å². The highest BCUT2D eigenvalue weighted by atomic mass is 35.5. The standard InChI is InChI=1S/C32H27ClN4O5S/c1-20-15-16-24(33)18-27(20)35-30(38)21(2)43-26-13-8-12-25(19-26)34-32(40)28(36-31(39)22-9-4-3-5-10-22)17-23-11-6-7-14-29(23)37(41)42/h3-19,21H,1-2H3,(H,34,40)(H,35,38)(H,36,39)/b28-17+. The number of hydrogen-bond donors (Lipinski definition) is 3. The number of nitro groups is 1. The minimum atomic E-state index is -0.688. The summed E-state index contributed by atoms with van der Waals surface area (Å²) in [5.74, 6) is -1.46. The number of halogens is 1. The van der Waals surface area contributed by atoms with Gasteiger partial charge >= 0.3 is 0 Å². The minimum Gasteiger partial charge on any atom is -0.325 e. The number of anilines is 2. The number of aryl methyl sites for hydroxylation is 1. The summed E-state index contributed by atoms with van der Waals surface area (Å²) in [6.07, 6.45) is 1.26. The topological polar surface area (TPSA) is 130 Å². The van der Waals surface area contributed by atoms with Gasteiger partial charge in [-0.2, -0.15) is 0 Å². The van der Waals surface area contributed by atoms with E-state index in [-0.39, 0.29) is 22.9 Å². The van der Waals surface area contributed by atoms with Gasteiger partial charge in [-0.3, -0.25) is 24.5 Å². The zero-order chi connectivity index (χ0) is 30.9. The average molecular weight is 615 g/mol. The van der Waals surface area contributed by atoms with Gasteiger partial charge in [-0.1, -0.05) is 54.1 Å². The van der Waals surface area contributed by atoms with Crippen molar-refractivity contribution in [2.45, 2.75) is 24.0 Å². The number of hydrogen-bond acceptors (Lipinski definition) is 6. The first-order chi connectivity index (χ1) is 20.6. The van der Waals surface area contributed by atoms with Crippen molar-refractivity contribution in [3.63, 3.8) is 0 Å². The Balaban J connectivity index is 1.53. The molecule has 0 saturated carbocycles. The number of para-hydroxylation sites is 1. The third-order valence-corrected chi connectivity index (χ3v) is 7.52. The van der Waals surface area contributed by atoms with Crippen LogP contribution < -0.4 is 16.0 Å². The fraction of sp³-hybridized carbons (Fsp3) is 0.0938. The molecule has 3 N–H and O–H groups in total. The number of carbonyl (C=O) groups is 3. The molecule has 11 heteroatoms. The highest BCUT2D eigenvalue weighted by molar-refractivity contribution is 8.00. The van der Waals surface area contributed by atoms with Crippen molar-refractivity contribution in [3.8, 4) is 0 Å². The molecule has 0 radical (unpaired) electrons. The van der Waals surface area contributed by atoms with Gasteiger partial charge < -0.3 is 16.0 Å². The maximum Gasteiger partial charge on any atom is 0.276 e. The van der Waals surface area contributed by atoms with Crippen molar-refractivity contribution in [1.29, 1.82) is 0 Å². The summed E-state index contributed by atoms with van der Waals surface area (Å²) in [6.45, 7) is 3.63. The van der Waals surface area contributed by atoms with E-state index in [2.05, 4.69) is 16.0 Å². The fourth-order valence-corrected chi connectivity index (χ4v) is 5.04. The SMILES string of the molecule is Cc1ccc(Cl)cc1NC(=O)C(C)Sc1cccc(NC(=O)/C(=C\c2ccccc2[N+](=O)[O-])NC(=O)c2ccccc2)c1. The molecule has 4 aromatic carbocycles. The zero-order valence-corrected chi connectivity index (χ0v) is 24.7. The first-order valence-corrected chi connectivity index (χ1v) is 14.3. The molecule has 9 nitrogen and oxygen atoms in total. The van der Waals surface area contributed by atoms with Crippen LogP contribution in [-0.4, -0.2) is 27.9 Å². The lowest BCUT2D eigenvalue weighted by Crippen LogP contribution is -2.30. The van der Waals surface area contributed by atoms with Gasteiger partial charge in [0.05, 0.1) is 15.7 Å². The van der Waals surface area contributed by atoms with Crippen LogP contribution in [0.4, 0.5) is 17.1 Å². The molecule has 0 saturated heterocycles. The van der Waals surface area contributed by atoms with E-state index in [1.54, 1.807) is 79.7 Å². The number of thioether (sulfide) groups is 1. The molecule has 0 fully saturated rings. The second kappa shape index (κ2) is 14.3. The van der Waals surface area contributed by atoms with Gasteiger partial charge in [0.1, 0.15) is 5.70 Å². The molecule has 218 valence electrons.